The molecule has 0 aromatic rings. The van der Waals surface area contributed by atoms with Crippen molar-refractivity contribution in [2.24, 2.45) is 17.4 Å². The Morgan fingerprint density at radius 2 is 1.52 bits per heavy atom. The number of aliphatic hydroxyl groups excluding tert-OH is 4. The number of carbonyl (C=O) groups is 1. The van der Waals surface area contributed by atoms with Crippen molar-refractivity contribution in [1.82, 2.24) is 25.8 Å². The van der Waals surface area contributed by atoms with Gasteiger partial charge in [0.2, 0.25) is 5.91 Å². The first-order chi connectivity index (χ1) is 20.7. The van der Waals surface area contributed by atoms with Crippen molar-refractivity contribution in [3.05, 3.63) is 12.2 Å². The van der Waals surface area contributed by atoms with Gasteiger partial charge in [-0.05, 0) is 0 Å². The highest BCUT2D eigenvalue weighted by Gasteiger charge is 2.52. The van der Waals surface area contributed by atoms with Gasteiger partial charge in [-0.15, -0.1) is 0 Å². The van der Waals surface area contributed by atoms with Crippen molar-refractivity contribution >= 4 is 21.6 Å². The molecule has 2 unspecified atom stereocenters. The number of nitrogens with zero attached hydrogens (tertiary/aromatic N) is 2. The van der Waals surface area contributed by atoms with Crippen molar-refractivity contribution in [2.75, 3.05) is 39.6 Å². The van der Waals surface area contributed by atoms with Crippen molar-refractivity contribution in [2.45, 2.75) is 67.5 Å². The van der Waals surface area contributed by atoms with Gasteiger partial charge in [-0.2, -0.15) is 4.31 Å². The van der Waals surface area contributed by atoms with Crippen LogP contribution in [0.5, 0.6) is 0 Å². The Morgan fingerprint density at radius 1 is 0.932 bits per heavy atom. The Hall–Kier alpha value is -1.01. The van der Waals surface area contributed by atoms with Crippen molar-refractivity contribution in [1.29, 1.82) is 0 Å². The third-order valence-electron chi connectivity index (χ3n) is 8.12. The lowest BCUT2D eigenvalue weighted by molar-refractivity contribution is -0.125. The van der Waals surface area contributed by atoms with Gasteiger partial charge in [0.05, 0.1) is 44.2 Å². The summed E-state index contributed by atoms with van der Waals surface area (Å²) in [5, 5.41) is 51.3. The Kier molecular flexibility index (Phi) is 10.6. The molecule has 0 aromatic heterocycles. The summed E-state index contributed by atoms with van der Waals surface area (Å²) in [6, 6.07) is -0.238. The highest BCUT2D eigenvalue weighted by molar-refractivity contribution is 7.61. The second-order valence-electron chi connectivity index (χ2n) is 11.1. The molecule has 252 valence electrons. The van der Waals surface area contributed by atoms with Crippen LogP contribution in [0.4, 0.5) is 0 Å². The van der Waals surface area contributed by atoms with Crippen LogP contribution in [0.15, 0.2) is 12.2 Å². The van der Waals surface area contributed by atoms with Crippen LogP contribution in [0.25, 0.3) is 0 Å². The molecule has 21 nitrogen and oxygen atoms in total. The Bertz CT molecular complexity index is 1170. The average Bonchev–Trinajstić information content (AvgIpc) is 3.61. The molecular formula is C21H39N7O14P2. The van der Waals surface area contributed by atoms with E-state index in [-0.39, 0.29) is 38.1 Å². The molecule has 4 fully saturated rings. The molecule has 23 heteroatoms. The summed E-state index contributed by atoms with van der Waals surface area (Å²) >= 11 is 0. The molecule has 5 aliphatic heterocycles. The van der Waals surface area contributed by atoms with E-state index in [1.54, 1.807) is 17.1 Å². The minimum atomic E-state index is -5.32. The predicted octanol–water partition coefficient (Wildman–Crippen LogP) is -5.90. The third-order valence-corrected chi connectivity index (χ3v) is 10.7. The van der Waals surface area contributed by atoms with Crippen LogP contribution in [0, 0.1) is 5.92 Å². The topological polar surface area (TPSA) is 313 Å². The standard InChI is InChI=1S/C21H39N7O14P2/c22-17-12-19(25-7-24-17)28(8-26-12)21-16(32)14(30)11(41-21)6-39-44(36,37)42-43(34,35)38-5-10-13(29)15(31)20(40-10)27-3-1-2-9(4-27)18(23)33/h1-2,9-17,19-21,24-26,29-32H,3-8,22H2,(H2,23,33)(H,34,35)(H,36,37)/t9-,10+,11+,12-,13+,14+,15+,16+,17+,19+,20+,21+/m0/s1. The number of phosphoric ester groups is 2. The van der Waals surface area contributed by atoms with Gasteiger partial charge < -0.3 is 51.2 Å². The highest BCUT2D eigenvalue weighted by atomic mass is 31.3. The molecule has 0 saturated carbocycles. The quantitative estimate of drug-likeness (QED) is 0.0717. The third kappa shape index (κ3) is 7.42. The molecular weight excluding hydrogens is 636 g/mol. The van der Waals surface area contributed by atoms with Gasteiger partial charge >= 0.3 is 15.6 Å². The lowest BCUT2D eigenvalue weighted by atomic mass is 10.0. The normalized spacial score (nSPS) is 44.3. The second kappa shape index (κ2) is 13.6. The zero-order valence-electron chi connectivity index (χ0n) is 23.2. The maximum absolute atomic E-state index is 12.5. The average molecular weight is 676 g/mol. The summed E-state index contributed by atoms with van der Waals surface area (Å²) in [7, 11) is -10.6. The van der Waals surface area contributed by atoms with E-state index in [0.717, 1.165) is 0 Å². The number of carbonyl (C=O) groups excluding carboxylic acids is 1. The minimum Gasteiger partial charge on any atom is -0.387 e. The van der Waals surface area contributed by atoms with E-state index in [2.05, 4.69) is 20.3 Å². The van der Waals surface area contributed by atoms with E-state index in [1.165, 1.54) is 4.90 Å². The monoisotopic (exact) mass is 675 g/mol. The van der Waals surface area contributed by atoms with Gasteiger partial charge in [0.15, 0.2) is 0 Å². The summed E-state index contributed by atoms with van der Waals surface area (Å²) in [6.45, 7) is -0.686. The number of amides is 1. The second-order valence-corrected chi connectivity index (χ2v) is 14.1. The number of hydrogen-bond donors (Lipinski definition) is 11. The number of rotatable bonds is 11. The molecule has 44 heavy (non-hydrogen) atoms. The molecule has 13 N–H and O–H groups in total. The molecule has 5 rings (SSSR count). The van der Waals surface area contributed by atoms with Gasteiger partial charge in [0, 0.05) is 19.8 Å². The van der Waals surface area contributed by atoms with Gasteiger partial charge in [-0.1, -0.05) is 12.2 Å². The molecule has 0 aromatic carbocycles. The van der Waals surface area contributed by atoms with E-state index in [4.69, 9.17) is 30.0 Å². The molecule has 5 heterocycles. The molecule has 0 spiro atoms. The van der Waals surface area contributed by atoms with Crippen LogP contribution >= 0.6 is 15.6 Å². The number of fused-ring (bicyclic) bond motifs is 1. The largest absolute Gasteiger partial charge is 0.481 e. The van der Waals surface area contributed by atoms with Gasteiger partial charge in [-0.25, -0.2) is 14.0 Å². The van der Waals surface area contributed by atoms with E-state index in [9.17, 15) is 44.1 Å². The van der Waals surface area contributed by atoms with Crippen LogP contribution in [0.1, 0.15) is 0 Å². The summed E-state index contributed by atoms with van der Waals surface area (Å²) in [5.41, 5.74) is 11.4. The summed E-state index contributed by atoms with van der Waals surface area (Å²) in [6.07, 6.45) is -8.43. The molecule has 0 bridgehead atoms. The zero-order valence-corrected chi connectivity index (χ0v) is 25.0. The SMILES string of the molecule is NC(=O)[C@H]1C=CCN([C@@H]2O[C@H](COP(=O)(O)OP(=O)(O)OC[C@H]3O[C@@H](N4CN[C@H]5[C@H](N)NCN[C@@H]54)[C@H](O)[C@@H]3O)[C@@H](O)[C@H]2O)C1. The number of nitrogens with one attached hydrogen (secondary N) is 3. The Balaban J connectivity index is 1.10. The van der Waals surface area contributed by atoms with E-state index >= 15 is 0 Å². The fourth-order valence-corrected chi connectivity index (χ4v) is 7.91. The first kappa shape index (κ1) is 34.3. The predicted molar refractivity (Wildman–Crippen MR) is 144 cm³/mol. The maximum Gasteiger partial charge on any atom is 0.481 e. The van der Waals surface area contributed by atoms with Crippen molar-refractivity contribution < 1.29 is 67.0 Å². The molecule has 14 atom stereocenters. The summed E-state index contributed by atoms with van der Waals surface area (Å²) in [5.74, 6) is -1.25. The van der Waals surface area contributed by atoms with Crippen molar-refractivity contribution in [3.8, 4) is 0 Å². The maximum atomic E-state index is 12.5. The van der Waals surface area contributed by atoms with Crippen LogP contribution in [-0.2, 0) is 36.8 Å². The van der Waals surface area contributed by atoms with E-state index < -0.39 is 89.8 Å². The van der Waals surface area contributed by atoms with E-state index in [0.29, 0.717) is 6.67 Å². The minimum absolute atomic E-state index is 0.0935. The summed E-state index contributed by atoms with van der Waals surface area (Å²) < 4.78 is 50.0. The fraction of sp³-hybridized carbons (Fsp3) is 0.857. The fourth-order valence-electron chi connectivity index (χ4n) is 5.81. The van der Waals surface area contributed by atoms with Gasteiger partial charge in [-0.3, -0.25) is 34.7 Å². The number of primary amides is 1. The number of ether oxygens (including phenoxy) is 2. The highest BCUT2D eigenvalue weighted by Crippen LogP contribution is 2.60. The van der Waals surface area contributed by atoms with Gasteiger partial charge in [0.1, 0.15) is 49.1 Å². The van der Waals surface area contributed by atoms with Crippen LogP contribution in [0.3, 0.4) is 0 Å². The molecule has 4 saturated heterocycles. The van der Waals surface area contributed by atoms with Gasteiger partial charge in [0.25, 0.3) is 0 Å². The number of nitrogens with two attached hydrogens (primary N) is 2. The van der Waals surface area contributed by atoms with Crippen LogP contribution < -0.4 is 27.4 Å². The van der Waals surface area contributed by atoms with E-state index in [1.807, 2.05) is 0 Å². The molecule has 5 aliphatic rings. The Labute approximate surface area is 251 Å². The lowest BCUT2D eigenvalue weighted by Gasteiger charge is -2.38. The smallest absolute Gasteiger partial charge is 0.387 e. The lowest BCUT2D eigenvalue weighted by Crippen LogP contribution is -2.68. The molecule has 1 amide bonds. The summed E-state index contributed by atoms with van der Waals surface area (Å²) in [4.78, 5) is 34.9. The number of aliphatic hydroxyl groups is 4. The Morgan fingerprint density at radius 3 is 2.14 bits per heavy atom. The molecule has 0 aliphatic carbocycles. The molecule has 0 radical (unpaired) electrons. The van der Waals surface area contributed by atoms with Crippen LogP contribution in [-0.4, -0.2) is 153 Å². The first-order valence-corrected chi connectivity index (χ1v) is 16.8. The van der Waals surface area contributed by atoms with Crippen LogP contribution in [0.2, 0.25) is 0 Å². The number of hydrogen-bond acceptors (Lipinski definition) is 18. The van der Waals surface area contributed by atoms with Crippen molar-refractivity contribution in [3.63, 3.8) is 0 Å². The zero-order chi connectivity index (χ0) is 32.0. The number of phosphoric acid groups is 2. The first-order valence-electron chi connectivity index (χ1n) is 13.8.